The van der Waals surface area contributed by atoms with Crippen LogP contribution in [0.5, 0.6) is 11.5 Å². The summed E-state index contributed by atoms with van der Waals surface area (Å²) in [4.78, 5) is 34.9. The summed E-state index contributed by atoms with van der Waals surface area (Å²) in [5, 5.41) is 4.27. The van der Waals surface area contributed by atoms with Gasteiger partial charge in [-0.2, -0.15) is 0 Å². The molecule has 0 spiro atoms. The number of hydrogen-bond acceptors (Lipinski definition) is 6. The maximum absolute atomic E-state index is 12.1. The molecule has 1 aromatic rings. The van der Waals surface area contributed by atoms with Crippen LogP contribution in [0.3, 0.4) is 0 Å². The molecule has 1 aromatic carbocycles. The average molecular weight is 338 g/mol. The Morgan fingerprint density at radius 2 is 1.71 bits per heavy atom. The summed E-state index contributed by atoms with van der Waals surface area (Å²) >= 11 is 0. The molecule has 24 heavy (non-hydrogen) atoms. The molecule has 1 rings (SSSR count). The van der Waals surface area contributed by atoms with Gasteiger partial charge in [-0.3, -0.25) is 10.1 Å². The number of urea groups is 1. The van der Waals surface area contributed by atoms with Gasteiger partial charge in [-0.15, -0.1) is 0 Å². The highest BCUT2D eigenvalue weighted by molar-refractivity contribution is 5.98. The van der Waals surface area contributed by atoms with Gasteiger partial charge in [-0.05, 0) is 39.0 Å². The number of ether oxygens (including phenoxy) is 3. The number of rotatable bonds is 7. The summed E-state index contributed by atoms with van der Waals surface area (Å²) in [6, 6.07) is 3.92. The fourth-order valence-electron chi connectivity index (χ4n) is 1.74. The lowest BCUT2D eigenvalue weighted by Crippen LogP contribution is -2.43. The van der Waals surface area contributed by atoms with Crippen LogP contribution in [-0.2, 0) is 9.53 Å². The van der Waals surface area contributed by atoms with Crippen LogP contribution in [0.1, 0.15) is 31.1 Å². The highest BCUT2D eigenvalue weighted by Gasteiger charge is 2.21. The monoisotopic (exact) mass is 338 g/mol. The number of esters is 1. The van der Waals surface area contributed by atoms with Crippen molar-refractivity contribution in [1.82, 2.24) is 10.6 Å². The number of benzene rings is 1. The van der Waals surface area contributed by atoms with Crippen LogP contribution in [0.25, 0.3) is 0 Å². The SMILES string of the molecule is CCOc1ccc(C(=O)OC(C)C(=O)NC(=O)NC)cc1OCC. The van der Waals surface area contributed by atoms with Crippen molar-refractivity contribution in [2.45, 2.75) is 26.9 Å². The first-order valence-electron chi connectivity index (χ1n) is 7.56. The number of imide groups is 1. The Morgan fingerprint density at radius 3 is 2.29 bits per heavy atom. The summed E-state index contributed by atoms with van der Waals surface area (Å²) in [6.45, 7) is 5.88. The topological polar surface area (TPSA) is 103 Å². The van der Waals surface area contributed by atoms with E-state index in [-0.39, 0.29) is 5.56 Å². The van der Waals surface area contributed by atoms with Crippen LogP contribution in [0, 0.1) is 0 Å². The molecule has 0 aliphatic rings. The molecule has 1 atom stereocenters. The van der Waals surface area contributed by atoms with Crippen molar-refractivity contribution in [3.8, 4) is 11.5 Å². The van der Waals surface area contributed by atoms with E-state index in [4.69, 9.17) is 14.2 Å². The summed E-state index contributed by atoms with van der Waals surface area (Å²) < 4.78 is 15.9. The van der Waals surface area contributed by atoms with Gasteiger partial charge in [0.1, 0.15) is 0 Å². The molecule has 132 valence electrons. The van der Waals surface area contributed by atoms with Crippen molar-refractivity contribution in [3.05, 3.63) is 23.8 Å². The van der Waals surface area contributed by atoms with Crippen LogP contribution >= 0.6 is 0 Å². The highest BCUT2D eigenvalue weighted by atomic mass is 16.5. The van der Waals surface area contributed by atoms with Crippen molar-refractivity contribution in [2.24, 2.45) is 0 Å². The van der Waals surface area contributed by atoms with E-state index in [9.17, 15) is 14.4 Å². The minimum atomic E-state index is -1.13. The van der Waals surface area contributed by atoms with E-state index in [0.29, 0.717) is 24.7 Å². The number of hydrogen-bond donors (Lipinski definition) is 2. The predicted octanol–water partition coefficient (Wildman–Crippen LogP) is 1.48. The van der Waals surface area contributed by atoms with E-state index in [1.165, 1.54) is 26.1 Å². The lowest BCUT2D eigenvalue weighted by Gasteiger charge is -2.14. The molecule has 0 radical (unpaired) electrons. The Balaban J connectivity index is 2.81. The van der Waals surface area contributed by atoms with E-state index >= 15 is 0 Å². The number of carbonyl (C=O) groups is 3. The average Bonchev–Trinajstić information content (AvgIpc) is 2.56. The molecule has 0 heterocycles. The molecule has 0 fully saturated rings. The third-order valence-corrected chi connectivity index (χ3v) is 2.90. The Kier molecular flexibility index (Phi) is 7.54. The summed E-state index contributed by atoms with van der Waals surface area (Å²) in [5.41, 5.74) is 0.210. The van der Waals surface area contributed by atoms with Crippen LogP contribution in [0.2, 0.25) is 0 Å². The number of nitrogens with one attached hydrogen (secondary N) is 2. The van der Waals surface area contributed by atoms with Crippen LogP contribution in [0.4, 0.5) is 4.79 Å². The summed E-state index contributed by atoms with van der Waals surface area (Å²) in [7, 11) is 1.37. The molecule has 0 aliphatic heterocycles. The molecule has 0 aromatic heterocycles. The lowest BCUT2D eigenvalue weighted by atomic mass is 10.2. The van der Waals surface area contributed by atoms with E-state index in [1.807, 2.05) is 19.2 Å². The van der Waals surface area contributed by atoms with Gasteiger partial charge >= 0.3 is 12.0 Å². The molecule has 3 amide bonds. The summed E-state index contributed by atoms with van der Waals surface area (Å²) in [6.07, 6.45) is -1.13. The first kappa shape index (κ1) is 19.3. The third-order valence-electron chi connectivity index (χ3n) is 2.90. The van der Waals surface area contributed by atoms with E-state index in [1.54, 1.807) is 6.07 Å². The zero-order valence-corrected chi connectivity index (χ0v) is 14.2. The van der Waals surface area contributed by atoms with Gasteiger partial charge in [-0.1, -0.05) is 0 Å². The molecule has 8 nitrogen and oxygen atoms in total. The fraction of sp³-hybridized carbons (Fsp3) is 0.438. The van der Waals surface area contributed by atoms with E-state index < -0.39 is 24.0 Å². The largest absolute Gasteiger partial charge is 0.490 e. The Bertz CT molecular complexity index is 602. The maximum Gasteiger partial charge on any atom is 0.339 e. The van der Waals surface area contributed by atoms with Crippen molar-refractivity contribution in [1.29, 1.82) is 0 Å². The van der Waals surface area contributed by atoms with E-state index in [2.05, 4.69) is 5.32 Å². The minimum Gasteiger partial charge on any atom is -0.490 e. The predicted molar refractivity (Wildman–Crippen MR) is 86.3 cm³/mol. The van der Waals surface area contributed by atoms with Crippen molar-refractivity contribution in [3.63, 3.8) is 0 Å². The molecule has 2 N–H and O–H groups in total. The van der Waals surface area contributed by atoms with Crippen LogP contribution in [-0.4, -0.2) is 44.3 Å². The van der Waals surface area contributed by atoms with Gasteiger partial charge in [-0.25, -0.2) is 9.59 Å². The van der Waals surface area contributed by atoms with Gasteiger partial charge in [0.2, 0.25) is 0 Å². The lowest BCUT2D eigenvalue weighted by molar-refractivity contribution is -0.127. The summed E-state index contributed by atoms with van der Waals surface area (Å²) in [5.74, 6) is -0.505. The van der Waals surface area contributed by atoms with Gasteiger partial charge in [0.05, 0.1) is 18.8 Å². The smallest absolute Gasteiger partial charge is 0.339 e. The van der Waals surface area contributed by atoms with Crippen LogP contribution in [0.15, 0.2) is 18.2 Å². The fourth-order valence-corrected chi connectivity index (χ4v) is 1.74. The Morgan fingerprint density at radius 1 is 1.08 bits per heavy atom. The molecule has 0 saturated carbocycles. The van der Waals surface area contributed by atoms with E-state index in [0.717, 1.165) is 0 Å². The molecule has 0 saturated heterocycles. The second kappa shape index (κ2) is 9.39. The first-order chi connectivity index (χ1) is 11.4. The zero-order valence-electron chi connectivity index (χ0n) is 14.2. The standard InChI is InChI=1S/C16H22N2O6/c1-5-22-12-8-7-11(9-13(12)23-6-2)15(20)24-10(3)14(19)18-16(21)17-4/h7-10H,5-6H2,1-4H3,(H2,17,18,19,21). The zero-order chi connectivity index (χ0) is 18.1. The normalized spacial score (nSPS) is 11.2. The second-order valence-electron chi connectivity index (χ2n) is 4.64. The number of amides is 3. The van der Waals surface area contributed by atoms with Crippen LogP contribution < -0.4 is 20.1 Å². The van der Waals surface area contributed by atoms with Gasteiger partial charge < -0.3 is 19.5 Å². The molecular weight excluding hydrogens is 316 g/mol. The molecular formula is C16H22N2O6. The maximum atomic E-state index is 12.1. The molecule has 1 unspecified atom stereocenters. The van der Waals surface area contributed by atoms with Crippen molar-refractivity contribution in [2.75, 3.05) is 20.3 Å². The third kappa shape index (κ3) is 5.45. The molecule has 0 bridgehead atoms. The van der Waals surface area contributed by atoms with Gasteiger partial charge in [0.15, 0.2) is 17.6 Å². The number of carbonyl (C=O) groups excluding carboxylic acids is 3. The van der Waals surface area contributed by atoms with Gasteiger partial charge in [0.25, 0.3) is 5.91 Å². The van der Waals surface area contributed by atoms with Crippen molar-refractivity contribution >= 4 is 17.9 Å². The minimum absolute atomic E-state index is 0.210. The Hall–Kier alpha value is -2.77. The Labute approximate surface area is 140 Å². The second-order valence-corrected chi connectivity index (χ2v) is 4.64. The highest BCUT2D eigenvalue weighted by Crippen LogP contribution is 2.28. The molecule has 8 heteroatoms. The first-order valence-corrected chi connectivity index (χ1v) is 7.56. The molecule has 0 aliphatic carbocycles. The quantitative estimate of drug-likeness (QED) is 0.730. The van der Waals surface area contributed by atoms with Gasteiger partial charge in [0, 0.05) is 7.05 Å². The van der Waals surface area contributed by atoms with Crippen molar-refractivity contribution < 1.29 is 28.6 Å².